The third-order valence-corrected chi connectivity index (χ3v) is 5.97. The van der Waals surface area contributed by atoms with E-state index in [1.807, 2.05) is 56.0 Å². The molecule has 2 aromatic carbocycles. The second-order valence-electron chi connectivity index (χ2n) is 8.98. The molecule has 2 aromatic heterocycles. The number of hydrogen-bond donors (Lipinski definition) is 0. The van der Waals surface area contributed by atoms with Crippen molar-refractivity contribution >= 4 is 11.3 Å². The molecule has 39 heavy (non-hydrogen) atoms. The van der Waals surface area contributed by atoms with Gasteiger partial charge in [0, 0.05) is 24.4 Å². The predicted molar refractivity (Wildman–Crippen MR) is 155 cm³/mol. The van der Waals surface area contributed by atoms with E-state index in [1.54, 1.807) is 19.1 Å². The number of nitrogens with zero attached hydrogens (tertiary/aromatic N) is 4. The molecule has 7 heteroatoms. The second-order valence-corrected chi connectivity index (χ2v) is 8.98. The Balaban J connectivity index is 0.000000451. The van der Waals surface area contributed by atoms with Crippen LogP contribution < -0.4 is 0 Å². The average Bonchev–Trinajstić information content (AvgIpc) is 3.34. The van der Waals surface area contributed by atoms with Crippen molar-refractivity contribution in [1.29, 1.82) is 0 Å². The first-order chi connectivity index (χ1) is 18.6. The van der Waals surface area contributed by atoms with Gasteiger partial charge in [-0.1, -0.05) is 81.8 Å². The minimum atomic E-state index is -4.58. The molecule has 0 aliphatic rings. The Morgan fingerprint density at radius 3 is 2.05 bits per heavy atom. The minimum absolute atomic E-state index is 0.102. The molecule has 4 aromatic rings. The fraction of sp³-hybridized carbons (Fsp3) is 0.312. The Morgan fingerprint density at radius 2 is 1.56 bits per heavy atom. The van der Waals surface area contributed by atoms with Crippen LogP contribution in [0.2, 0.25) is 0 Å². The first kappa shape index (κ1) is 31.6. The van der Waals surface area contributed by atoms with Gasteiger partial charge in [-0.05, 0) is 57.4 Å². The van der Waals surface area contributed by atoms with Crippen molar-refractivity contribution in [2.45, 2.75) is 53.6 Å². The summed E-state index contributed by atoms with van der Waals surface area (Å²) in [4.78, 5) is 6.47. The van der Waals surface area contributed by atoms with Gasteiger partial charge >= 0.3 is 6.18 Å². The number of alkyl halides is 3. The Bertz CT molecular complexity index is 1310. The van der Waals surface area contributed by atoms with E-state index in [0.29, 0.717) is 29.9 Å². The Morgan fingerprint density at radius 1 is 0.974 bits per heavy atom. The van der Waals surface area contributed by atoms with Gasteiger partial charge in [-0.25, -0.2) is 9.50 Å². The maximum atomic E-state index is 13.8. The van der Waals surface area contributed by atoms with Crippen LogP contribution in [0.3, 0.4) is 0 Å². The van der Waals surface area contributed by atoms with Crippen LogP contribution in [0.25, 0.3) is 22.6 Å². The van der Waals surface area contributed by atoms with Gasteiger partial charge in [0.2, 0.25) is 0 Å². The fourth-order valence-corrected chi connectivity index (χ4v) is 3.89. The summed E-state index contributed by atoms with van der Waals surface area (Å²) in [7, 11) is 0. The summed E-state index contributed by atoms with van der Waals surface area (Å²) < 4.78 is 42.1. The smallest absolute Gasteiger partial charge is 0.371 e. The highest BCUT2D eigenvalue weighted by atomic mass is 19.4. The van der Waals surface area contributed by atoms with Crippen molar-refractivity contribution in [3.63, 3.8) is 0 Å². The summed E-state index contributed by atoms with van der Waals surface area (Å²) in [5.41, 5.74) is 4.25. The molecule has 0 spiro atoms. The lowest BCUT2D eigenvalue weighted by Crippen LogP contribution is -2.23. The van der Waals surface area contributed by atoms with E-state index in [0.717, 1.165) is 34.6 Å². The van der Waals surface area contributed by atoms with E-state index in [9.17, 15) is 13.2 Å². The number of halogens is 3. The zero-order valence-electron chi connectivity index (χ0n) is 23.5. The lowest BCUT2D eigenvalue weighted by atomic mass is 10.1. The molecule has 0 bridgehead atoms. The molecule has 0 atom stereocenters. The molecular formula is C32H38F3N4. The molecule has 0 fully saturated rings. The third kappa shape index (κ3) is 8.19. The second kappa shape index (κ2) is 14.5. The largest absolute Gasteiger partial charge is 0.433 e. The molecule has 0 aliphatic heterocycles. The van der Waals surface area contributed by atoms with Crippen LogP contribution in [0.4, 0.5) is 13.2 Å². The lowest BCUT2D eigenvalue weighted by molar-refractivity contribution is -0.142. The topological polar surface area (TPSA) is 33.4 Å². The Kier molecular flexibility index (Phi) is 11.8. The molecule has 3 radical (unpaired) electrons. The van der Waals surface area contributed by atoms with Crippen LogP contribution in [-0.2, 0) is 6.18 Å². The molecule has 0 N–H and O–H groups in total. The number of benzene rings is 2. The quantitative estimate of drug-likeness (QED) is 0.237. The zero-order valence-corrected chi connectivity index (χ0v) is 23.5. The van der Waals surface area contributed by atoms with Crippen molar-refractivity contribution in [3.8, 4) is 11.3 Å². The van der Waals surface area contributed by atoms with Crippen LogP contribution in [0.5, 0.6) is 0 Å². The molecule has 4 rings (SSSR count). The summed E-state index contributed by atoms with van der Waals surface area (Å²) >= 11 is 0. The highest BCUT2D eigenvalue weighted by molar-refractivity contribution is 5.75. The number of hydrogen-bond acceptors (Lipinski definition) is 3. The maximum absolute atomic E-state index is 13.8. The van der Waals surface area contributed by atoms with Crippen molar-refractivity contribution in [2.75, 3.05) is 13.1 Å². The first-order valence-corrected chi connectivity index (χ1v) is 13.1. The monoisotopic (exact) mass is 535 g/mol. The number of fused-ring (bicyclic) bond motifs is 1. The highest BCUT2D eigenvalue weighted by Crippen LogP contribution is 2.34. The SMILES string of the molecule is [CH2]C.[CH2]c1ccccc1C.[CH]=C(c1cnn2c(C(F)(F)F)cc(-c3ccc(C)cc3)nc12)N(CCC)CCC. The van der Waals surface area contributed by atoms with Gasteiger partial charge in [-0.3, -0.25) is 0 Å². The van der Waals surface area contributed by atoms with Gasteiger partial charge in [0.25, 0.3) is 0 Å². The van der Waals surface area contributed by atoms with Crippen LogP contribution in [0, 0.1) is 34.3 Å². The number of aryl methyl sites for hydroxylation is 2. The number of aromatic nitrogens is 3. The van der Waals surface area contributed by atoms with Gasteiger partial charge in [0.15, 0.2) is 11.3 Å². The molecule has 0 saturated carbocycles. The van der Waals surface area contributed by atoms with Crippen molar-refractivity contribution in [2.24, 2.45) is 0 Å². The maximum Gasteiger partial charge on any atom is 0.433 e. The lowest BCUT2D eigenvalue weighted by Gasteiger charge is -2.25. The Hall–Kier alpha value is -3.61. The number of rotatable bonds is 7. The molecule has 0 aliphatic carbocycles. The first-order valence-electron chi connectivity index (χ1n) is 13.1. The zero-order chi connectivity index (χ0) is 29.2. The van der Waals surface area contributed by atoms with Crippen LogP contribution in [-0.4, -0.2) is 32.6 Å². The van der Waals surface area contributed by atoms with E-state index in [4.69, 9.17) is 6.58 Å². The van der Waals surface area contributed by atoms with Gasteiger partial charge in [-0.15, -0.1) is 0 Å². The molecular weight excluding hydrogens is 497 g/mol. The van der Waals surface area contributed by atoms with Gasteiger partial charge in [0.05, 0.1) is 17.5 Å². The van der Waals surface area contributed by atoms with Crippen molar-refractivity contribution in [1.82, 2.24) is 19.5 Å². The summed E-state index contributed by atoms with van der Waals surface area (Å²) in [5, 5.41) is 3.96. The molecule has 0 saturated heterocycles. The fourth-order valence-electron chi connectivity index (χ4n) is 3.89. The average molecular weight is 536 g/mol. The molecule has 0 amide bonds. The summed E-state index contributed by atoms with van der Waals surface area (Å²) in [6, 6.07) is 16.3. The Labute approximate surface area is 231 Å². The standard InChI is InChI=1S/C22H24F3N4.C8H9.C2H5/c1-5-11-28(12-6-2)16(4)18-14-26-29-20(22(23,24)25)13-19(27-21(18)29)17-9-7-15(3)8-10-17;1-7-5-3-4-6-8(7)2;1-2/h4,7-10,13-14H,5-6,11-12H2,1-3H3;3-6H,1H2,2H3;1H2,2H3. The van der Waals surface area contributed by atoms with Gasteiger partial charge in [-0.2, -0.15) is 18.3 Å². The van der Waals surface area contributed by atoms with E-state index < -0.39 is 11.9 Å². The van der Waals surface area contributed by atoms with Crippen LogP contribution >= 0.6 is 0 Å². The minimum Gasteiger partial charge on any atom is -0.371 e. The normalized spacial score (nSPS) is 10.8. The van der Waals surface area contributed by atoms with Crippen molar-refractivity contribution in [3.05, 3.63) is 109 Å². The van der Waals surface area contributed by atoms with Crippen LogP contribution in [0.15, 0.2) is 60.8 Å². The van der Waals surface area contributed by atoms with Crippen LogP contribution in [0.1, 0.15) is 61.6 Å². The molecule has 2 heterocycles. The highest BCUT2D eigenvalue weighted by Gasteiger charge is 2.36. The van der Waals surface area contributed by atoms with E-state index in [2.05, 4.69) is 36.9 Å². The molecule has 4 nitrogen and oxygen atoms in total. The summed E-state index contributed by atoms with van der Waals surface area (Å²) in [5.74, 6) is 0. The predicted octanol–water partition coefficient (Wildman–Crippen LogP) is 8.64. The third-order valence-electron chi connectivity index (χ3n) is 5.97. The molecule has 207 valence electrons. The van der Waals surface area contributed by atoms with Gasteiger partial charge < -0.3 is 4.90 Å². The molecule has 0 unspecified atom stereocenters. The summed E-state index contributed by atoms with van der Waals surface area (Å²) in [6.07, 6.45) is -1.47. The van der Waals surface area contributed by atoms with E-state index in [1.165, 1.54) is 11.8 Å². The van der Waals surface area contributed by atoms with Crippen molar-refractivity contribution < 1.29 is 13.2 Å². The van der Waals surface area contributed by atoms with E-state index in [-0.39, 0.29) is 11.3 Å². The van der Waals surface area contributed by atoms with E-state index >= 15 is 0 Å². The summed E-state index contributed by atoms with van der Waals surface area (Å²) in [6.45, 7) is 24.6. The van der Waals surface area contributed by atoms with Gasteiger partial charge in [0.1, 0.15) is 0 Å².